The smallest absolute Gasteiger partial charge is 0.303 e. The van der Waals surface area contributed by atoms with Crippen molar-refractivity contribution >= 4 is 21.9 Å². The van der Waals surface area contributed by atoms with Gasteiger partial charge in [0.05, 0.1) is 12.2 Å². The number of hydrogen-bond acceptors (Lipinski definition) is 3. The van der Waals surface area contributed by atoms with Gasteiger partial charge in [-0.1, -0.05) is 52.6 Å². The van der Waals surface area contributed by atoms with Crippen LogP contribution in [0.5, 0.6) is 0 Å². The van der Waals surface area contributed by atoms with Crippen LogP contribution in [0, 0.1) is 46.9 Å². The van der Waals surface area contributed by atoms with Crippen LogP contribution in [-0.4, -0.2) is 38.8 Å². The summed E-state index contributed by atoms with van der Waals surface area (Å²) in [4.78, 5) is 10.8. The molecule has 2 rings (SSSR count). The van der Waals surface area contributed by atoms with Crippen LogP contribution in [0.4, 0.5) is 0 Å². The van der Waals surface area contributed by atoms with E-state index in [0.717, 1.165) is 37.4 Å². The Labute approximate surface area is 201 Å². The molecule has 0 aliphatic heterocycles. The Hall–Kier alpha value is -1.53. The molecule has 6 atom stereocenters. The van der Waals surface area contributed by atoms with Crippen molar-refractivity contribution in [1.29, 1.82) is 0 Å². The number of unbranched alkanes of at least 4 members (excludes halogenated alkanes) is 2. The number of carbonyl (C=O) groups is 1. The van der Waals surface area contributed by atoms with Gasteiger partial charge in [-0.15, -0.1) is 17.8 Å². The predicted molar refractivity (Wildman–Crippen MR) is 132 cm³/mol. The summed E-state index contributed by atoms with van der Waals surface area (Å²) in [6, 6.07) is 0. The van der Waals surface area contributed by atoms with Crippen LogP contribution in [0.15, 0.2) is 23.8 Å². The van der Waals surface area contributed by atoms with Crippen molar-refractivity contribution in [2.45, 2.75) is 83.8 Å². The zero-order chi connectivity index (χ0) is 23.6. The number of aliphatic hydroxyl groups excluding tert-OH is 2. The molecule has 0 aromatic carbocycles. The van der Waals surface area contributed by atoms with E-state index < -0.39 is 18.2 Å². The molecule has 0 aromatic rings. The molecule has 0 bridgehead atoms. The SMILES string of the molecule is CC#CCC(C)[C@H](O)/C=C/[C@H]1[C@H](O)C[C@]2(C#CCCCBr)C/C(=C/CCCC(=O)O)C[C@H]12. The first-order valence-electron chi connectivity index (χ1n) is 11.7. The van der Waals surface area contributed by atoms with Gasteiger partial charge in [0.1, 0.15) is 0 Å². The van der Waals surface area contributed by atoms with Gasteiger partial charge in [-0.05, 0) is 57.3 Å². The molecule has 0 amide bonds. The molecule has 5 heteroatoms. The van der Waals surface area contributed by atoms with E-state index in [9.17, 15) is 15.0 Å². The topological polar surface area (TPSA) is 77.8 Å². The lowest BCUT2D eigenvalue weighted by atomic mass is 9.78. The van der Waals surface area contributed by atoms with E-state index in [1.165, 1.54) is 5.57 Å². The molecule has 2 fully saturated rings. The summed E-state index contributed by atoms with van der Waals surface area (Å²) in [5.41, 5.74) is 1.09. The molecule has 2 aliphatic rings. The van der Waals surface area contributed by atoms with Gasteiger partial charge in [-0.25, -0.2) is 0 Å². The molecular weight excluding hydrogens is 468 g/mol. The maximum absolute atomic E-state index is 10.9. The second-order valence-corrected chi connectivity index (χ2v) is 10.0. The number of aliphatic carboxylic acids is 1. The quantitative estimate of drug-likeness (QED) is 0.167. The molecule has 0 spiro atoms. The lowest BCUT2D eigenvalue weighted by molar-refractivity contribution is -0.137. The molecular formula is C27H37BrO4. The van der Waals surface area contributed by atoms with Crippen molar-refractivity contribution in [2.75, 3.05) is 5.33 Å². The zero-order valence-electron chi connectivity index (χ0n) is 19.3. The van der Waals surface area contributed by atoms with E-state index in [4.69, 9.17) is 5.11 Å². The van der Waals surface area contributed by atoms with E-state index in [2.05, 4.69) is 45.7 Å². The van der Waals surface area contributed by atoms with Crippen molar-refractivity contribution < 1.29 is 20.1 Å². The number of carboxylic acids is 1. The highest BCUT2D eigenvalue weighted by Gasteiger charge is 2.55. The van der Waals surface area contributed by atoms with Crippen LogP contribution in [-0.2, 0) is 4.79 Å². The largest absolute Gasteiger partial charge is 0.481 e. The van der Waals surface area contributed by atoms with Crippen LogP contribution >= 0.6 is 15.9 Å². The third-order valence-electron chi connectivity index (χ3n) is 6.73. The fourth-order valence-electron chi connectivity index (χ4n) is 4.97. The first-order valence-corrected chi connectivity index (χ1v) is 12.8. The van der Waals surface area contributed by atoms with Gasteiger partial charge in [-0.3, -0.25) is 4.79 Å². The molecule has 4 nitrogen and oxygen atoms in total. The van der Waals surface area contributed by atoms with Crippen LogP contribution < -0.4 is 0 Å². The second-order valence-electron chi connectivity index (χ2n) is 9.22. The Kier molecular flexibility index (Phi) is 11.1. The normalized spacial score (nSPS) is 29.8. The van der Waals surface area contributed by atoms with E-state index in [0.29, 0.717) is 19.3 Å². The third kappa shape index (κ3) is 7.51. The van der Waals surface area contributed by atoms with Gasteiger partial charge in [0.25, 0.3) is 0 Å². The Bertz CT molecular complexity index is 809. The van der Waals surface area contributed by atoms with Gasteiger partial charge >= 0.3 is 5.97 Å². The lowest BCUT2D eigenvalue weighted by Crippen LogP contribution is -2.21. The van der Waals surface area contributed by atoms with Gasteiger partial charge in [-0.2, -0.15) is 0 Å². The first-order chi connectivity index (χ1) is 15.3. The summed E-state index contributed by atoms with van der Waals surface area (Å²) in [6.45, 7) is 3.78. The van der Waals surface area contributed by atoms with E-state index in [-0.39, 0.29) is 29.6 Å². The van der Waals surface area contributed by atoms with Crippen molar-refractivity contribution in [2.24, 2.45) is 23.2 Å². The number of fused-ring (bicyclic) bond motifs is 1. The van der Waals surface area contributed by atoms with Gasteiger partial charge in [0, 0.05) is 35.9 Å². The summed E-state index contributed by atoms with van der Waals surface area (Å²) < 4.78 is 0. The highest BCUT2D eigenvalue weighted by Crippen LogP contribution is 2.59. The van der Waals surface area contributed by atoms with Crippen molar-refractivity contribution in [1.82, 2.24) is 0 Å². The number of carboxylic acid groups (broad SMARTS) is 1. The van der Waals surface area contributed by atoms with E-state index in [1.54, 1.807) is 6.92 Å². The molecule has 3 N–H and O–H groups in total. The summed E-state index contributed by atoms with van der Waals surface area (Å²) >= 11 is 3.45. The third-order valence-corrected chi connectivity index (χ3v) is 7.29. The Morgan fingerprint density at radius 3 is 2.81 bits per heavy atom. The predicted octanol–water partition coefficient (Wildman–Crippen LogP) is 5.09. The number of hydrogen-bond donors (Lipinski definition) is 3. The van der Waals surface area contributed by atoms with Crippen LogP contribution in [0.2, 0.25) is 0 Å². The summed E-state index contributed by atoms with van der Waals surface area (Å²) in [5, 5.41) is 31.2. The molecule has 0 saturated heterocycles. The summed E-state index contributed by atoms with van der Waals surface area (Å²) in [7, 11) is 0. The fourth-order valence-corrected chi connectivity index (χ4v) is 5.25. The minimum Gasteiger partial charge on any atom is -0.481 e. The van der Waals surface area contributed by atoms with Crippen molar-refractivity contribution in [3.8, 4) is 23.7 Å². The molecule has 32 heavy (non-hydrogen) atoms. The van der Waals surface area contributed by atoms with Crippen molar-refractivity contribution in [3.05, 3.63) is 23.8 Å². The fraction of sp³-hybridized carbons (Fsp3) is 0.667. The summed E-state index contributed by atoms with van der Waals surface area (Å²) in [5.74, 6) is 12.3. The van der Waals surface area contributed by atoms with Gasteiger partial charge < -0.3 is 15.3 Å². The molecule has 0 aromatic heterocycles. The van der Waals surface area contributed by atoms with Crippen molar-refractivity contribution in [3.63, 3.8) is 0 Å². The van der Waals surface area contributed by atoms with Gasteiger partial charge in [0.2, 0.25) is 0 Å². The number of aliphatic hydroxyl groups is 2. The monoisotopic (exact) mass is 504 g/mol. The standard InChI is InChI=1S/C27H37BrO4/c1-3-4-10-20(2)24(29)14-13-22-23-17-21(11-6-7-12-26(31)32)18-27(23,19-25(22)30)15-8-5-9-16-28/h11,13-14,20,22-25,29-30H,5-7,9-10,12,16-19H2,1-2H3,(H,31,32)/b14-13+,21-11+/t20?,22-,23-,24-,25-,27+/m1/s1. The number of alkyl halides is 1. The van der Waals surface area contributed by atoms with E-state index in [1.807, 2.05) is 19.1 Å². The maximum Gasteiger partial charge on any atom is 0.303 e. The molecule has 0 radical (unpaired) electrons. The molecule has 0 heterocycles. The molecule has 2 aliphatic carbocycles. The second kappa shape index (κ2) is 13.2. The molecule has 2 saturated carbocycles. The number of halogens is 1. The zero-order valence-corrected chi connectivity index (χ0v) is 20.9. The van der Waals surface area contributed by atoms with Crippen LogP contribution in [0.25, 0.3) is 0 Å². The first kappa shape index (κ1) is 26.7. The summed E-state index contributed by atoms with van der Waals surface area (Å²) in [6.07, 6.45) is 11.4. The maximum atomic E-state index is 10.9. The molecule has 1 unspecified atom stereocenters. The van der Waals surface area contributed by atoms with Crippen LogP contribution in [0.1, 0.15) is 71.6 Å². The molecule has 176 valence electrons. The average Bonchev–Trinajstić information content (AvgIpc) is 3.22. The van der Waals surface area contributed by atoms with E-state index >= 15 is 0 Å². The Morgan fingerprint density at radius 2 is 2.12 bits per heavy atom. The minimum atomic E-state index is -0.758. The lowest BCUT2D eigenvalue weighted by Gasteiger charge is -2.24. The Morgan fingerprint density at radius 1 is 1.34 bits per heavy atom. The highest BCUT2D eigenvalue weighted by molar-refractivity contribution is 9.09. The number of rotatable bonds is 10. The van der Waals surface area contributed by atoms with Crippen LogP contribution in [0.3, 0.4) is 0 Å². The number of allylic oxidation sites excluding steroid dienone is 2. The average molecular weight is 505 g/mol. The van der Waals surface area contributed by atoms with Gasteiger partial charge in [0.15, 0.2) is 0 Å². The minimum absolute atomic E-state index is 0.0375. The Balaban J connectivity index is 2.17. The highest BCUT2D eigenvalue weighted by atomic mass is 79.9.